The van der Waals surface area contributed by atoms with Crippen LogP contribution in [0.2, 0.25) is 0 Å². The van der Waals surface area contributed by atoms with Crippen LogP contribution < -0.4 is 10.6 Å². The summed E-state index contributed by atoms with van der Waals surface area (Å²) in [6.45, 7) is 0.645. The maximum absolute atomic E-state index is 13.4. The lowest BCUT2D eigenvalue weighted by Gasteiger charge is -2.33. The lowest BCUT2D eigenvalue weighted by atomic mass is 9.84. The number of carbonyl (C=O) groups excluding carboxylic acids is 3. The highest BCUT2D eigenvalue weighted by Gasteiger charge is 2.47. The zero-order valence-electron chi connectivity index (χ0n) is 20.0. The zero-order chi connectivity index (χ0) is 24.1. The molecule has 0 spiro atoms. The average Bonchev–Trinajstić information content (AvgIpc) is 3.22. The average molecular weight is 463 g/mol. The third kappa shape index (κ3) is 5.65. The van der Waals surface area contributed by atoms with Crippen molar-refractivity contribution in [3.05, 3.63) is 65.7 Å². The largest absolute Gasteiger partial charge is 0.350 e. The van der Waals surface area contributed by atoms with Crippen molar-refractivity contribution in [2.24, 2.45) is 5.92 Å². The van der Waals surface area contributed by atoms with Crippen molar-refractivity contribution in [3.63, 3.8) is 0 Å². The van der Waals surface area contributed by atoms with E-state index in [-0.39, 0.29) is 23.8 Å². The molecule has 0 radical (unpaired) electrons. The first-order chi connectivity index (χ1) is 16.4. The van der Waals surface area contributed by atoms with E-state index in [1.807, 2.05) is 73.6 Å². The molecule has 3 unspecified atom stereocenters. The number of hydrogen-bond acceptors (Lipinski definition) is 4. The Labute approximate surface area is 201 Å². The number of likely N-dealkylation sites (tertiary alicyclic amines) is 1. The summed E-state index contributed by atoms with van der Waals surface area (Å²) in [4.78, 5) is 42.4. The molecule has 2 fully saturated rings. The minimum Gasteiger partial charge on any atom is -0.350 e. The maximum atomic E-state index is 13.4. The number of anilines is 1. The molecule has 7 heteroatoms. The van der Waals surface area contributed by atoms with Gasteiger partial charge in [0, 0.05) is 23.8 Å². The zero-order valence-corrected chi connectivity index (χ0v) is 20.0. The molecule has 2 N–H and O–H groups in total. The van der Waals surface area contributed by atoms with Crippen molar-refractivity contribution in [1.29, 1.82) is 0 Å². The number of benzene rings is 2. The molecule has 2 aromatic carbocycles. The smallest absolute Gasteiger partial charge is 0.254 e. The van der Waals surface area contributed by atoms with Crippen molar-refractivity contribution in [2.75, 3.05) is 26.0 Å². The number of fused-ring (bicyclic) bond motifs is 1. The van der Waals surface area contributed by atoms with Gasteiger partial charge in [-0.2, -0.15) is 0 Å². The van der Waals surface area contributed by atoms with Gasteiger partial charge in [0.15, 0.2) is 0 Å². The molecule has 3 atom stereocenters. The fourth-order valence-corrected chi connectivity index (χ4v) is 5.27. The van der Waals surface area contributed by atoms with Crippen LogP contribution in [0.15, 0.2) is 54.6 Å². The number of nitrogens with one attached hydrogen (secondary N) is 2. The molecule has 34 heavy (non-hydrogen) atoms. The van der Waals surface area contributed by atoms with Crippen molar-refractivity contribution in [3.8, 4) is 0 Å². The Kier molecular flexibility index (Phi) is 7.63. The Morgan fingerprint density at radius 3 is 2.53 bits per heavy atom. The first kappa shape index (κ1) is 24.0. The molecule has 3 amide bonds. The minimum atomic E-state index is -0.455. The van der Waals surface area contributed by atoms with Gasteiger partial charge in [-0.3, -0.25) is 14.4 Å². The van der Waals surface area contributed by atoms with Gasteiger partial charge in [-0.25, -0.2) is 0 Å². The Hall–Kier alpha value is -3.19. The van der Waals surface area contributed by atoms with Crippen molar-refractivity contribution in [2.45, 2.75) is 50.7 Å². The third-order valence-corrected chi connectivity index (χ3v) is 6.78. The van der Waals surface area contributed by atoms with Gasteiger partial charge in [0.2, 0.25) is 11.8 Å². The van der Waals surface area contributed by atoms with Gasteiger partial charge in [-0.15, -0.1) is 0 Å². The maximum Gasteiger partial charge on any atom is 0.254 e. The monoisotopic (exact) mass is 462 g/mol. The summed E-state index contributed by atoms with van der Waals surface area (Å²) >= 11 is 0. The van der Waals surface area contributed by atoms with E-state index < -0.39 is 6.04 Å². The van der Waals surface area contributed by atoms with Crippen LogP contribution in [0.5, 0.6) is 0 Å². The van der Waals surface area contributed by atoms with Gasteiger partial charge >= 0.3 is 0 Å². The van der Waals surface area contributed by atoms with Gasteiger partial charge in [0.25, 0.3) is 5.91 Å². The van der Waals surface area contributed by atoms with Crippen LogP contribution in [0.3, 0.4) is 0 Å². The molecule has 1 aliphatic carbocycles. The number of carbonyl (C=O) groups is 3. The molecule has 1 aliphatic heterocycles. The predicted molar refractivity (Wildman–Crippen MR) is 132 cm³/mol. The van der Waals surface area contributed by atoms with E-state index in [1.54, 1.807) is 4.90 Å². The summed E-state index contributed by atoms with van der Waals surface area (Å²) in [6, 6.07) is 16.4. The summed E-state index contributed by atoms with van der Waals surface area (Å²) in [5.41, 5.74) is 2.23. The Balaban J connectivity index is 1.44. The van der Waals surface area contributed by atoms with E-state index in [4.69, 9.17) is 0 Å². The van der Waals surface area contributed by atoms with Crippen LogP contribution in [-0.4, -0.2) is 60.2 Å². The van der Waals surface area contributed by atoms with Crippen LogP contribution in [0.4, 0.5) is 5.69 Å². The summed E-state index contributed by atoms with van der Waals surface area (Å²) < 4.78 is 0. The summed E-state index contributed by atoms with van der Waals surface area (Å²) in [5.74, 6) is 0.128. The van der Waals surface area contributed by atoms with E-state index in [1.165, 1.54) is 0 Å². The fraction of sp³-hybridized carbons (Fsp3) is 0.444. The Bertz CT molecular complexity index is 1020. The normalized spacial score (nSPS) is 21.7. The molecule has 1 saturated carbocycles. The van der Waals surface area contributed by atoms with Gasteiger partial charge < -0.3 is 20.4 Å². The Morgan fingerprint density at radius 1 is 1.00 bits per heavy atom. The molecule has 4 rings (SSSR count). The van der Waals surface area contributed by atoms with E-state index in [9.17, 15) is 14.4 Å². The highest BCUT2D eigenvalue weighted by molar-refractivity contribution is 5.98. The van der Waals surface area contributed by atoms with Crippen LogP contribution in [0.25, 0.3) is 0 Å². The molecular weight excluding hydrogens is 428 g/mol. The molecule has 2 aromatic rings. The second-order valence-corrected chi connectivity index (χ2v) is 9.65. The molecule has 1 saturated heterocycles. The third-order valence-electron chi connectivity index (χ3n) is 6.78. The molecule has 0 aromatic heterocycles. The summed E-state index contributed by atoms with van der Waals surface area (Å²) in [6.07, 6.45) is 5.01. The van der Waals surface area contributed by atoms with Crippen molar-refractivity contribution in [1.82, 2.24) is 15.1 Å². The van der Waals surface area contributed by atoms with E-state index in [2.05, 4.69) is 10.6 Å². The Morgan fingerprint density at radius 2 is 1.76 bits per heavy atom. The minimum absolute atomic E-state index is 0.0549. The summed E-state index contributed by atoms with van der Waals surface area (Å²) in [7, 11) is 3.69. The fourth-order valence-electron chi connectivity index (χ4n) is 5.27. The molecule has 0 bridgehead atoms. The SMILES string of the molecule is CN(C)CC(=O)Nc1cccc(CNC(=O)C2CC3CCCCC3N2C(=O)c2ccccc2)c1. The standard InChI is InChI=1S/C27H34N4O3/c1-30(2)18-25(32)29-22-13-8-9-19(15-22)17-28-26(33)24-16-21-12-6-7-14-23(21)31(24)27(34)20-10-4-3-5-11-20/h3-5,8-11,13,15,21,23-24H,6-7,12,14,16-18H2,1-2H3,(H,28,33)(H,29,32). The highest BCUT2D eigenvalue weighted by atomic mass is 16.2. The first-order valence-electron chi connectivity index (χ1n) is 12.1. The molecule has 1 heterocycles. The number of likely N-dealkylation sites (N-methyl/N-ethyl adjacent to an activating group) is 1. The predicted octanol–water partition coefficient (Wildman–Crippen LogP) is 3.28. The second-order valence-electron chi connectivity index (χ2n) is 9.65. The number of amides is 3. The lowest BCUT2D eigenvalue weighted by molar-refractivity contribution is -0.125. The quantitative estimate of drug-likeness (QED) is 0.662. The molecule has 7 nitrogen and oxygen atoms in total. The van der Waals surface area contributed by atoms with Gasteiger partial charge in [0.1, 0.15) is 6.04 Å². The van der Waals surface area contributed by atoms with Crippen LogP contribution in [-0.2, 0) is 16.1 Å². The van der Waals surface area contributed by atoms with E-state index >= 15 is 0 Å². The topological polar surface area (TPSA) is 81.8 Å². The van der Waals surface area contributed by atoms with Gasteiger partial charge in [-0.1, -0.05) is 43.2 Å². The van der Waals surface area contributed by atoms with E-state index in [0.717, 1.165) is 37.7 Å². The number of hydrogen-bond donors (Lipinski definition) is 2. The van der Waals surface area contributed by atoms with Crippen molar-refractivity contribution >= 4 is 23.4 Å². The van der Waals surface area contributed by atoms with E-state index in [0.29, 0.717) is 30.3 Å². The van der Waals surface area contributed by atoms with Crippen molar-refractivity contribution < 1.29 is 14.4 Å². The molecule has 180 valence electrons. The first-order valence-corrected chi connectivity index (χ1v) is 12.1. The van der Waals surface area contributed by atoms with Crippen LogP contribution in [0.1, 0.15) is 48.0 Å². The molecule has 2 aliphatic rings. The van der Waals surface area contributed by atoms with Crippen LogP contribution >= 0.6 is 0 Å². The highest BCUT2D eigenvalue weighted by Crippen LogP contribution is 2.40. The number of nitrogens with zero attached hydrogens (tertiary/aromatic N) is 2. The second kappa shape index (κ2) is 10.8. The van der Waals surface area contributed by atoms with Gasteiger partial charge in [-0.05, 0) is 69.1 Å². The summed E-state index contributed by atoms with van der Waals surface area (Å²) in [5, 5.41) is 5.93. The lowest BCUT2D eigenvalue weighted by Crippen LogP contribution is -2.49. The number of rotatable bonds is 7. The van der Waals surface area contributed by atoms with Crippen LogP contribution in [0, 0.1) is 5.92 Å². The molecular formula is C27H34N4O3. The van der Waals surface area contributed by atoms with Gasteiger partial charge in [0.05, 0.1) is 6.54 Å².